The van der Waals surface area contributed by atoms with E-state index in [0.29, 0.717) is 25.3 Å². The van der Waals surface area contributed by atoms with E-state index in [0.717, 1.165) is 13.0 Å². The highest BCUT2D eigenvalue weighted by atomic mass is 32.2. The van der Waals surface area contributed by atoms with E-state index in [1.807, 2.05) is 11.8 Å². The van der Waals surface area contributed by atoms with Gasteiger partial charge < -0.3 is 5.11 Å². The van der Waals surface area contributed by atoms with Gasteiger partial charge in [0.15, 0.2) is 9.84 Å². The molecule has 0 aromatic rings. The van der Waals surface area contributed by atoms with Crippen LogP contribution in [0.2, 0.25) is 0 Å². The molecule has 0 saturated carbocycles. The zero-order valence-corrected chi connectivity index (χ0v) is 9.46. The molecular weight excluding hydrogens is 202 g/mol. The maximum absolute atomic E-state index is 11.3. The molecule has 4 nitrogen and oxygen atoms in total. The topological polar surface area (TPSA) is 57.6 Å². The largest absolute Gasteiger partial charge is 0.392 e. The van der Waals surface area contributed by atoms with Crippen molar-refractivity contribution in [2.75, 3.05) is 31.1 Å². The highest BCUT2D eigenvalue weighted by Crippen LogP contribution is 2.06. The molecular formula is C9H19NO3S. The molecule has 1 heterocycles. The predicted octanol–water partition coefficient (Wildman–Crippen LogP) is -0.122. The van der Waals surface area contributed by atoms with Crippen molar-refractivity contribution in [3.05, 3.63) is 0 Å². The SMILES string of the molecule is CCC(O)CN1CCCS(=O)(=O)CC1. The first kappa shape index (κ1) is 11.9. The van der Waals surface area contributed by atoms with Crippen molar-refractivity contribution in [2.24, 2.45) is 0 Å². The Morgan fingerprint density at radius 1 is 1.36 bits per heavy atom. The van der Waals surface area contributed by atoms with Gasteiger partial charge >= 0.3 is 0 Å². The summed E-state index contributed by atoms with van der Waals surface area (Å²) in [6.07, 6.45) is 1.10. The summed E-state index contributed by atoms with van der Waals surface area (Å²) in [6.45, 7) is 3.89. The Morgan fingerprint density at radius 3 is 2.71 bits per heavy atom. The first-order valence-electron chi connectivity index (χ1n) is 5.14. The molecule has 0 aromatic carbocycles. The molecule has 1 saturated heterocycles. The minimum atomic E-state index is -2.82. The summed E-state index contributed by atoms with van der Waals surface area (Å²) in [5.74, 6) is 0.537. The van der Waals surface area contributed by atoms with Gasteiger partial charge in [-0.3, -0.25) is 4.90 Å². The number of hydrogen-bond donors (Lipinski definition) is 1. The van der Waals surface area contributed by atoms with E-state index < -0.39 is 9.84 Å². The Bertz CT molecular complexity index is 263. The molecule has 1 atom stereocenters. The monoisotopic (exact) mass is 221 g/mol. The molecule has 1 aliphatic heterocycles. The van der Waals surface area contributed by atoms with Crippen LogP contribution in [-0.4, -0.2) is 55.7 Å². The van der Waals surface area contributed by atoms with Gasteiger partial charge in [0.2, 0.25) is 0 Å². The van der Waals surface area contributed by atoms with Gasteiger partial charge in [0.05, 0.1) is 17.6 Å². The predicted molar refractivity (Wildman–Crippen MR) is 56.0 cm³/mol. The Morgan fingerprint density at radius 2 is 2.07 bits per heavy atom. The molecule has 0 spiro atoms. The standard InChI is InChI=1S/C9H19NO3S/c1-2-9(11)8-10-4-3-6-14(12,13)7-5-10/h9,11H,2-8H2,1H3. The molecule has 0 aromatic heterocycles. The molecule has 84 valence electrons. The van der Waals surface area contributed by atoms with E-state index in [-0.39, 0.29) is 11.9 Å². The van der Waals surface area contributed by atoms with Crippen molar-refractivity contribution in [3.8, 4) is 0 Å². The highest BCUT2D eigenvalue weighted by molar-refractivity contribution is 7.91. The molecule has 1 aliphatic rings. The fraction of sp³-hybridized carbons (Fsp3) is 1.00. The summed E-state index contributed by atoms with van der Waals surface area (Å²) >= 11 is 0. The zero-order chi connectivity index (χ0) is 10.6. The van der Waals surface area contributed by atoms with Crippen LogP contribution in [0.3, 0.4) is 0 Å². The van der Waals surface area contributed by atoms with Crippen LogP contribution in [0.15, 0.2) is 0 Å². The lowest BCUT2D eigenvalue weighted by Gasteiger charge is -2.21. The van der Waals surface area contributed by atoms with Gasteiger partial charge in [0, 0.05) is 13.1 Å². The summed E-state index contributed by atoms with van der Waals surface area (Å²) in [6, 6.07) is 0. The first-order chi connectivity index (χ1) is 6.53. The summed E-state index contributed by atoms with van der Waals surface area (Å²) < 4.78 is 22.6. The van der Waals surface area contributed by atoms with Crippen molar-refractivity contribution in [2.45, 2.75) is 25.9 Å². The maximum Gasteiger partial charge on any atom is 0.151 e. The minimum Gasteiger partial charge on any atom is -0.392 e. The molecule has 1 N–H and O–H groups in total. The lowest BCUT2D eigenvalue weighted by molar-refractivity contribution is 0.113. The fourth-order valence-corrected chi connectivity index (χ4v) is 2.91. The fourth-order valence-electron chi connectivity index (χ4n) is 1.60. The van der Waals surface area contributed by atoms with Gasteiger partial charge in [0.25, 0.3) is 0 Å². The molecule has 0 bridgehead atoms. The van der Waals surface area contributed by atoms with Crippen LogP contribution in [0.4, 0.5) is 0 Å². The van der Waals surface area contributed by atoms with E-state index in [1.165, 1.54) is 0 Å². The number of β-amino-alcohol motifs (C(OH)–C–C–N with tert-alkyl or cyclic N) is 1. The molecule has 14 heavy (non-hydrogen) atoms. The van der Waals surface area contributed by atoms with E-state index in [4.69, 9.17) is 0 Å². The summed E-state index contributed by atoms with van der Waals surface area (Å²) in [5.41, 5.74) is 0. The lowest BCUT2D eigenvalue weighted by atomic mass is 10.2. The van der Waals surface area contributed by atoms with E-state index in [2.05, 4.69) is 0 Å². The number of aliphatic hydroxyl groups is 1. The van der Waals surface area contributed by atoms with Crippen LogP contribution in [0.25, 0.3) is 0 Å². The second-order valence-corrected chi connectivity index (χ2v) is 6.17. The molecule has 1 rings (SSSR count). The number of hydrogen-bond acceptors (Lipinski definition) is 4. The van der Waals surface area contributed by atoms with Crippen LogP contribution in [0, 0.1) is 0 Å². The van der Waals surface area contributed by atoms with Crippen LogP contribution >= 0.6 is 0 Å². The number of sulfone groups is 1. The third-order valence-electron chi connectivity index (χ3n) is 2.59. The summed E-state index contributed by atoms with van der Waals surface area (Å²) in [7, 11) is -2.82. The van der Waals surface area contributed by atoms with Crippen LogP contribution < -0.4 is 0 Å². The zero-order valence-electron chi connectivity index (χ0n) is 8.65. The Labute approximate surface area is 85.8 Å². The highest BCUT2D eigenvalue weighted by Gasteiger charge is 2.19. The van der Waals surface area contributed by atoms with E-state index >= 15 is 0 Å². The van der Waals surface area contributed by atoms with E-state index in [9.17, 15) is 13.5 Å². The smallest absolute Gasteiger partial charge is 0.151 e. The van der Waals surface area contributed by atoms with Crippen molar-refractivity contribution in [1.29, 1.82) is 0 Å². The second-order valence-electron chi connectivity index (χ2n) is 3.87. The molecule has 0 amide bonds. The Kier molecular flexibility index (Phi) is 4.34. The quantitative estimate of drug-likeness (QED) is 0.722. The third-order valence-corrected chi connectivity index (χ3v) is 4.30. The van der Waals surface area contributed by atoms with Gasteiger partial charge in [-0.25, -0.2) is 8.42 Å². The van der Waals surface area contributed by atoms with Crippen molar-refractivity contribution in [3.63, 3.8) is 0 Å². The van der Waals surface area contributed by atoms with Gasteiger partial charge in [-0.05, 0) is 19.4 Å². The van der Waals surface area contributed by atoms with Gasteiger partial charge in [-0.15, -0.1) is 0 Å². The molecule has 0 aliphatic carbocycles. The number of nitrogens with zero attached hydrogens (tertiary/aromatic N) is 1. The van der Waals surface area contributed by atoms with Crippen LogP contribution in [0.1, 0.15) is 19.8 Å². The average molecular weight is 221 g/mol. The Hall–Kier alpha value is -0.130. The minimum absolute atomic E-state index is 0.240. The average Bonchev–Trinajstić information content (AvgIpc) is 2.28. The first-order valence-corrected chi connectivity index (χ1v) is 6.96. The van der Waals surface area contributed by atoms with Gasteiger partial charge in [-0.2, -0.15) is 0 Å². The molecule has 5 heteroatoms. The van der Waals surface area contributed by atoms with Crippen LogP contribution in [0.5, 0.6) is 0 Å². The third kappa shape index (κ3) is 3.94. The normalized spacial score (nSPS) is 25.6. The van der Waals surface area contributed by atoms with Gasteiger partial charge in [0.1, 0.15) is 0 Å². The molecule has 0 radical (unpaired) electrons. The Balaban J connectivity index is 2.42. The summed E-state index contributed by atoms with van der Waals surface area (Å²) in [4.78, 5) is 2.04. The van der Waals surface area contributed by atoms with E-state index in [1.54, 1.807) is 0 Å². The molecule has 1 unspecified atom stereocenters. The molecule has 1 fully saturated rings. The summed E-state index contributed by atoms with van der Waals surface area (Å²) in [5, 5.41) is 9.44. The van der Waals surface area contributed by atoms with Crippen molar-refractivity contribution in [1.82, 2.24) is 4.90 Å². The lowest BCUT2D eigenvalue weighted by Crippen LogP contribution is -2.34. The number of aliphatic hydroxyl groups excluding tert-OH is 1. The van der Waals surface area contributed by atoms with Crippen molar-refractivity contribution < 1.29 is 13.5 Å². The maximum atomic E-state index is 11.3. The van der Waals surface area contributed by atoms with Crippen LogP contribution in [-0.2, 0) is 9.84 Å². The van der Waals surface area contributed by atoms with Gasteiger partial charge in [-0.1, -0.05) is 6.92 Å². The second kappa shape index (κ2) is 5.09. The number of rotatable bonds is 3. The van der Waals surface area contributed by atoms with Crippen molar-refractivity contribution >= 4 is 9.84 Å².